The third kappa shape index (κ3) is 11.2. The van der Waals surface area contributed by atoms with Crippen LogP contribution in [0.25, 0.3) is 0 Å². The summed E-state index contributed by atoms with van der Waals surface area (Å²) in [5.41, 5.74) is 7.73. The highest BCUT2D eigenvalue weighted by atomic mass is 28.3. The lowest BCUT2D eigenvalue weighted by molar-refractivity contribution is 1.59. The Morgan fingerprint density at radius 3 is 1.73 bits per heavy atom. The van der Waals surface area contributed by atoms with Crippen molar-refractivity contribution in [3.05, 3.63) is 11.6 Å². The van der Waals surface area contributed by atoms with E-state index in [0.717, 1.165) is 5.57 Å². The lowest BCUT2D eigenvalue weighted by Crippen LogP contribution is -2.16. The number of allylic oxidation sites excluding steroid dienone is 2. The monoisotopic (exact) mass is 234 g/mol. The van der Waals surface area contributed by atoms with E-state index in [4.69, 9.17) is 0 Å². The lowest BCUT2D eigenvalue weighted by atomic mass is 10.3. The Hall–Kier alpha value is -0.706. The summed E-state index contributed by atoms with van der Waals surface area (Å²) in [6.45, 7) is 15.5. The fraction of sp³-hybridized carbons (Fsp3) is 0.538. The van der Waals surface area contributed by atoms with Gasteiger partial charge in [-0.1, -0.05) is 51.1 Å². The van der Waals surface area contributed by atoms with Gasteiger partial charge < -0.3 is 0 Å². The van der Waals surface area contributed by atoms with Gasteiger partial charge in [-0.3, -0.25) is 0 Å². The van der Waals surface area contributed by atoms with Crippen LogP contribution in [0.5, 0.6) is 0 Å². The number of hydrogen-bond donors (Lipinski definition) is 0. The smallest absolute Gasteiger partial charge is 0.127 e. The van der Waals surface area contributed by atoms with Crippen LogP contribution in [0, 0.1) is 22.9 Å². The molecule has 0 saturated carbocycles. The van der Waals surface area contributed by atoms with Gasteiger partial charge in [0.2, 0.25) is 0 Å². The SMILES string of the molecule is C/C(C#C[Si](C)(C)C)=C\C#C[Si](C)(C)C. The summed E-state index contributed by atoms with van der Waals surface area (Å²) in [5, 5.41) is 0. The minimum absolute atomic E-state index is 1.09. The zero-order valence-electron chi connectivity index (χ0n) is 11.1. The minimum atomic E-state index is -1.24. The van der Waals surface area contributed by atoms with Crippen molar-refractivity contribution < 1.29 is 0 Å². The normalized spacial score (nSPS) is 12.3. The van der Waals surface area contributed by atoms with Crippen LogP contribution in [0.4, 0.5) is 0 Å². The Labute approximate surface area is 97.2 Å². The molecular weight excluding hydrogens is 212 g/mol. The zero-order valence-corrected chi connectivity index (χ0v) is 13.1. The predicted molar refractivity (Wildman–Crippen MR) is 76.0 cm³/mol. The van der Waals surface area contributed by atoms with E-state index in [1.165, 1.54) is 0 Å². The maximum Gasteiger partial charge on any atom is 0.129 e. The molecule has 0 rings (SSSR count). The number of rotatable bonds is 0. The van der Waals surface area contributed by atoms with Gasteiger partial charge in [0.25, 0.3) is 0 Å². The molecule has 15 heavy (non-hydrogen) atoms. The van der Waals surface area contributed by atoms with Gasteiger partial charge >= 0.3 is 0 Å². The second kappa shape index (κ2) is 5.40. The molecule has 0 fully saturated rings. The van der Waals surface area contributed by atoms with E-state index in [9.17, 15) is 0 Å². The van der Waals surface area contributed by atoms with Gasteiger partial charge in [-0.25, -0.2) is 0 Å². The second-order valence-electron chi connectivity index (χ2n) is 5.85. The van der Waals surface area contributed by atoms with Gasteiger partial charge in [-0.05, 0) is 13.0 Å². The van der Waals surface area contributed by atoms with Crippen molar-refractivity contribution in [2.75, 3.05) is 0 Å². The standard InChI is InChI=1S/C13H22Si2/c1-13(10-12-15(5,6)7)9-8-11-14(2,3)4/h9H,1-7H3/b13-9+. The first-order chi connectivity index (χ1) is 6.60. The molecule has 0 aromatic carbocycles. The third-order valence-electron chi connectivity index (χ3n) is 1.37. The van der Waals surface area contributed by atoms with E-state index < -0.39 is 16.1 Å². The molecular formula is C13H22Si2. The summed E-state index contributed by atoms with van der Waals surface area (Å²) < 4.78 is 0. The quantitative estimate of drug-likeness (QED) is 0.443. The van der Waals surface area contributed by atoms with Crippen LogP contribution in [-0.2, 0) is 0 Å². The van der Waals surface area contributed by atoms with Gasteiger partial charge in [0, 0.05) is 5.57 Å². The molecule has 0 aromatic heterocycles. The molecule has 82 valence electrons. The largest absolute Gasteiger partial charge is 0.129 e. The van der Waals surface area contributed by atoms with Crippen molar-refractivity contribution in [2.45, 2.75) is 46.2 Å². The second-order valence-corrected chi connectivity index (χ2v) is 15.3. The molecule has 0 amide bonds. The Bertz CT molecular complexity index is 354. The molecule has 0 aliphatic rings. The van der Waals surface area contributed by atoms with Gasteiger partial charge in [0.1, 0.15) is 16.1 Å². The number of hydrogen-bond acceptors (Lipinski definition) is 0. The van der Waals surface area contributed by atoms with E-state index in [1.807, 2.05) is 13.0 Å². The van der Waals surface area contributed by atoms with Crippen LogP contribution in [-0.4, -0.2) is 16.1 Å². The van der Waals surface area contributed by atoms with Gasteiger partial charge in [-0.2, -0.15) is 0 Å². The first kappa shape index (κ1) is 14.3. The predicted octanol–water partition coefficient (Wildman–Crippen LogP) is 3.69. The maximum absolute atomic E-state index is 3.33. The van der Waals surface area contributed by atoms with Crippen molar-refractivity contribution in [3.8, 4) is 22.9 Å². The van der Waals surface area contributed by atoms with E-state index in [-0.39, 0.29) is 0 Å². The van der Waals surface area contributed by atoms with Crippen molar-refractivity contribution in [2.24, 2.45) is 0 Å². The summed E-state index contributed by atoms with van der Waals surface area (Å²) in [4.78, 5) is 0. The molecule has 0 aliphatic carbocycles. The molecule has 0 nitrogen and oxygen atoms in total. The molecule has 0 N–H and O–H groups in total. The summed E-state index contributed by atoms with van der Waals surface area (Å²) in [6.07, 6.45) is 1.95. The minimum Gasteiger partial charge on any atom is -0.127 e. The Morgan fingerprint density at radius 2 is 1.33 bits per heavy atom. The molecule has 0 bridgehead atoms. The van der Waals surface area contributed by atoms with Crippen LogP contribution in [0.3, 0.4) is 0 Å². The summed E-state index contributed by atoms with van der Waals surface area (Å²) >= 11 is 0. The molecule has 0 unspecified atom stereocenters. The molecule has 0 aliphatic heterocycles. The first-order valence-electron chi connectivity index (χ1n) is 5.33. The highest BCUT2D eigenvalue weighted by Crippen LogP contribution is 1.99. The maximum atomic E-state index is 3.33. The van der Waals surface area contributed by atoms with Gasteiger partial charge in [0.05, 0.1) is 0 Å². The van der Waals surface area contributed by atoms with Crippen LogP contribution in [0.15, 0.2) is 11.6 Å². The van der Waals surface area contributed by atoms with Crippen molar-refractivity contribution in [1.82, 2.24) is 0 Å². The molecule has 0 aromatic rings. The van der Waals surface area contributed by atoms with Crippen LogP contribution in [0.2, 0.25) is 39.3 Å². The molecule has 0 saturated heterocycles. The Kier molecular flexibility index (Phi) is 5.14. The first-order valence-corrected chi connectivity index (χ1v) is 12.3. The average Bonchev–Trinajstić information content (AvgIpc) is 1.97. The fourth-order valence-corrected chi connectivity index (χ4v) is 1.76. The van der Waals surface area contributed by atoms with Crippen molar-refractivity contribution >= 4 is 16.1 Å². The van der Waals surface area contributed by atoms with Crippen molar-refractivity contribution in [1.29, 1.82) is 0 Å². The highest BCUT2D eigenvalue weighted by Gasteiger charge is 2.07. The summed E-state index contributed by atoms with van der Waals surface area (Å²) in [6, 6.07) is 0. The summed E-state index contributed by atoms with van der Waals surface area (Å²) in [5.74, 6) is 6.32. The molecule has 0 atom stereocenters. The zero-order chi connectivity index (χ0) is 12.1. The topological polar surface area (TPSA) is 0 Å². The third-order valence-corrected chi connectivity index (χ3v) is 3.14. The van der Waals surface area contributed by atoms with Gasteiger partial charge in [0.15, 0.2) is 0 Å². The van der Waals surface area contributed by atoms with Crippen LogP contribution < -0.4 is 0 Å². The van der Waals surface area contributed by atoms with E-state index in [0.29, 0.717) is 0 Å². The van der Waals surface area contributed by atoms with E-state index in [2.05, 4.69) is 62.2 Å². The molecule has 2 heteroatoms. The highest BCUT2D eigenvalue weighted by molar-refractivity contribution is 6.84. The van der Waals surface area contributed by atoms with Gasteiger partial charge in [-0.15, -0.1) is 11.1 Å². The molecule has 0 spiro atoms. The average molecular weight is 234 g/mol. The Balaban J connectivity index is 4.57. The fourth-order valence-electron chi connectivity index (χ4n) is 0.683. The Morgan fingerprint density at radius 1 is 0.867 bits per heavy atom. The van der Waals surface area contributed by atoms with Crippen molar-refractivity contribution in [3.63, 3.8) is 0 Å². The van der Waals surface area contributed by atoms with Crippen LogP contribution in [0.1, 0.15) is 6.92 Å². The summed E-state index contributed by atoms with van der Waals surface area (Å²) in [7, 11) is -2.47. The van der Waals surface area contributed by atoms with E-state index >= 15 is 0 Å². The molecule has 0 radical (unpaired) electrons. The lowest BCUT2D eigenvalue weighted by Gasteiger charge is -2.03. The van der Waals surface area contributed by atoms with Crippen LogP contribution >= 0.6 is 0 Å². The molecule has 0 heterocycles. The van der Waals surface area contributed by atoms with E-state index in [1.54, 1.807) is 0 Å².